The highest BCUT2D eigenvalue weighted by Gasteiger charge is 2.14. The molecule has 1 aromatic carbocycles. The summed E-state index contributed by atoms with van der Waals surface area (Å²) in [6.45, 7) is 5.28. The van der Waals surface area contributed by atoms with Gasteiger partial charge < -0.3 is 20.1 Å². The van der Waals surface area contributed by atoms with Crippen LogP contribution in [0.15, 0.2) is 24.3 Å². The van der Waals surface area contributed by atoms with Crippen LogP contribution in [0.3, 0.4) is 0 Å². The Kier molecular flexibility index (Phi) is 8.70. The average molecular weight is 329 g/mol. The van der Waals surface area contributed by atoms with Gasteiger partial charge in [0.15, 0.2) is 18.1 Å². The van der Waals surface area contributed by atoms with Crippen LogP contribution in [-0.2, 0) is 4.79 Å². The van der Waals surface area contributed by atoms with Gasteiger partial charge in [0.1, 0.15) is 0 Å². The van der Waals surface area contributed by atoms with Crippen molar-refractivity contribution in [2.45, 2.75) is 19.8 Å². The normalized spacial score (nSPS) is 17.2. The minimum Gasteiger partial charge on any atom is -0.490 e. The van der Waals surface area contributed by atoms with Gasteiger partial charge in [-0.25, -0.2) is 0 Å². The number of halogens is 1. The van der Waals surface area contributed by atoms with Gasteiger partial charge in [-0.2, -0.15) is 0 Å². The molecular weight excluding hydrogens is 304 g/mol. The lowest BCUT2D eigenvalue weighted by molar-refractivity contribution is -0.123. The van der Waals surface area contributed by atoms with E-state index in [4.69, 9.17) is 9.47 Å². The number of hydrogen-bond acceptors (Lipinski definition) is 4. The fourth-order valence-corrected chi connectivity index (χ4v) is 2.39. The van der Waals surface area contributed by atoms with Crippen molar-refractivity contribution in [3.05, 3.63) is 24.3 Å². The Balaban J connectivity index is 0.00000242. The van der Waals surface area contributed by atoms with Crippen LogP contribution in [0.25, 0.3) is 0 Å². The molecule has 1 fully saturated rings. The minimum atomic E-state index is -0.0909. The predicted octanol–water partition coefficient (Wildman–Crippen LogP) is 2.00. The molecule has 1 aliphatic heterocycles. The second-order valence-electron chi connectivity index (χ2n) is 5.18. The summed E-state index contributed by atoms with van der Waals surface area (Å²) < 4.78 is 11.0. The number of nitrogens with one attached hydrogen (secondary N) is 2. The number of piperidine rings is 1. The van der Waals surface area contributed by atoms with Gasteiger partial charge >= 0.3 is 0 Å². The summed E-state index contributed by atoms with van der Waals surface area (Å²) in [5.74, 6) is 1.71. The van der Waals surface area contributed by atoms with E-state index in [1.807, 2.05) is 31.2 Å². The van der Waals surface area contributed by atoms with Gasteiger partial charge in [0.05, 0.1) is 6.61 Å². The Bertz CT molecular complexity index is 451. The minimum absolute atomic E-state index is 0. The summed E-state index contributed by atoms with van der Waals surface area (Å²) >= 11 is 0. The van der Waals surface area contributed by atoms with Crippen molar-refractivity contribution in [2.24, 2.45) is 5.92 Å². The summed E-state index contributed by atoms with van der Waals surface area (Å²) in [5.41, 5.74) is 0. The van der Waals surface area contributed by atoms with E-state index in [0.29, 0.717) is 30.6 Å². The smallest absolute Gasteiger partial charge is 0.257 e. The van der Waals surface area contributed by atoms with Gasteiger partial charge in [0.2, 0.25) is 0 Å². The van der Waals surface area contributed by atoms with Crippen molar-refractivity contribution >= 4 is 18.3 Å². The SMILES string of the molecule is CCOc1ccccc1OCC(=O)NCC1CCCNC1.Cl. The standard InChI is InChI=1S/C16H24N2O3.ClH/c1-2-20-14-7-3-4-8-15(14)21-12-16(19)18-11-13-6-5-9-17-10-13;/h3-4,7-8,13,17H,2,5-6,9-12H2,1H3,(H,18,19);1H. The summed E-state index contributed by atoms with van der Waals surface area (Å²) in [7, 11) is 0. The molecule has 1 unspecified atom stereocenters. The first-order chi connectivity index (χ1) is 10.3. The molecule has 2 rings (SSSR count). The molecule has 1 aliphatic rings. The Morgan fingerprint density at radius 2 is 2.05 bits per heavy atom. The maximum absolute atomic E-state index is 11.8. The van der Waals surface area contributed by atoms with Crippen molar-refractivity contribution in [1.29, 1.82) is 0 Å². The highest BCUT2D eigenvalue weighted by molar-refractivity contribution is 5.85. The Labute approximate surface area is 138 Å². The van der Waals surface area contributed by atoms with Crippen LogP contribution in [0.1, 0.15) is 19.8 Å². The molecular formula is C16H25ClN2O3. The molecule has 5 nitrogen and oxygen atoms in total. The third kappa shape index (κ3) is 6.12. The maximum Gasteiger partial charge on any atom is 0.257 e. The molecule has 0 bridgehead atoms. The topological polar surface area (TPSA) is 59.6 Å². The zero-order valence-electron chi connectivity index (χ0n) is 13.0. The van der Waals surface area contributed by atoms with Crippen molar-refractivity contribution in [1.82, 2.24) is 10.6 Å². The number of carbonyl (C=O) groups is 1. The summed E-state index contributed by atoms with van der Waals surface area (Å²) in [6.07, 6.45) is 2.35. The van der Waals surface area contributed by atoms with Crippen LogP contribution in [0.5, 0.6) is 11.5 Å². The number of rotatable bonds is 7. The first kappa shape index (κ1) is 18.6. The van der Waals surface area contributed by atoms with E-state index in [0.717, 1.165) is 13.1 Å². The molecule has 1 atom stereocenters. The van der Waals surface area contributed by atoms with E-state index in [1.54, 1.807) is 0 Å². The summed E-state index contributed by atoms with van der Waals surface area (Å²) in [5, 5.41) is 6.27. The Morgan fingerprint density at radius 3 is 2.68 bits per heavy atom. The van der Waals surface area contributed by atoms with E-state index in [2.05, 4.69) is 10.6 Å². The van der Waals surface area contributed by atoms with Crippen molar-refractivity contribution in [3.8, 4) is 11.5 Å². The number of benzene rings is 1. The molecule has 1 saturated heterocycles. The molecule has 22 heavy (non-hydrogen) atoms. The lowest BCUT2D eigenvalue weighted by Gasteiger charge is -2.22. The number of ether oxygens (including phenoxy) is 2. The van der Waals surface area contributed by atoms with Crippen molar-refractivity contribution < 1.29 is 14.3 Å². The summed E-state index contributed by atoms with van der Waals surface area (Å²) in [4.78, 5) is 11.8. The van der Waals surface area contributed by atoms with Gasteiger partial charge in [0.25, 0.3) is 5.91 Å². The zero-order valence-corrected chi connectivity index (χ0v) is 13.8. The largest absolute Gasteiger partial charge is 0.490 e. The van der Waals surface area contributed by atoms with Gasteiger partial charge in [-0.1, -0.05) is 12.1 Å². The van der Waals surface area contributed by atoms with Crippen LogP contribution in [0.4, 0.5) is 0 Å². The third-order valence-electron chi connectivity index (χ3n) is 3.49. The fourth-order valence-electron chi connectivity index (χ4n) is 2.39. The van der Waals surface area contributed by atoms with E-state index >= 15 is 0 Å². The van der Waals surface area contributed by atoms with Crippen molar-refractivity contribution in [2.75, 3.05) is 32.8 Å². The second kappa shape index (κ2) is 10.3. The van der Waals surface area contributed by atoms with Crippen LogP contribution in [0.2, 0.25) is 0 Å². The highest BCUT2D eigenvalue weighted by atomic mass is 35.5. The van der Waals surface area contributed by atoms with Crippen LogP contribution in [0, 0.1) is 5.92 Å². The monoisotopic (exact) mass is 328 g/mol. The van der Waals surface area contributed by atoms with Crippen LogP contribution in [-0.4, -0.2) is 38.8 Å². The number of carbonyl (C=O) groups excluding carboxylic acids is 1. The molecule has 1 heterocycles. The van der Waals surface area contributed by atoms with E-state index < -0.39 is 0 Å². The molecule has 1 aromatic rings. The highest BCUT2D eigenvalue weighted by Crippen LogP contribution is 2.26. The van der Waals surface area contributed by atoms with E-state index in [9.17, 15) is 4.79 Å². The van der Waals surface area contributed by atoms with Gasteiger partial charge in [0, 0.05) is 6.54 Å². The average Bonchev–Trinajstić information content (AvgIpc) is 2.53. The van der Waals surface area contributed by atoms with Crippen LogP contribution >= 0.6 is 12.4 Å². The Morgan fingerprint density at radius 1 is 1.32 bits per heavy atom. The molecule has 0 spiro atoms. The first-order valence-corrected chi connectivity index (χ1v) is 7.61. The Hall–Kier alpha value is -1.46. The molecule has 0 aromatic heterocycles. The molecule has 2 N–H and O–H groups in total. The maximum atomic E-state index is 11.8. The first-order valence-electron chi connectivity index (χ1n) is 7.61. The van der Waals surface area contributed by atoms with Gasteiger partial charge in [-0.3, -0.25) is 4.79 Å². The molecule has 0 radical (unpaired) electrons. The van der Waals surface area contributed by atoms with Crippen molar-refractivity contribution in [3.63, 3.8) is 0 Å². The quantitative estimate of drug-likeness (QED) is 0.804. The molecule has 6 heteroatoms. The zero-order chi connectivity index (χ0) is 14.9. The van der Waals surface area contributed by atoms with Gasteiger partial charge in [-0.05, 0) is 50.9 Å². The fraction of sp³-hybridized carbons (Fsp3) is 0.562. The lowest BCUT2D eigenvalue weighted by atomic mass is 10.00. The van der Waals surface area contributed by atoms with E-state index in [-0.39, 0.29) is 24.9 Å². The molecule has 0 aliphatic carbocycles. The summed E-state index contributed by atoms with van der Waals surface area (Å²) in [6, 6.07) is 7.39. The van der Waals surface area contributed by atoms with Crippen LogP contribution < -0.4 is 20.1 Å². The lowest BCUT2D eigenvalue weighted by Crippen LogP contribution is -2.39. The number of amides is 1. The van der Waals surface area contributed by atoms with E-state index in [1.165, 1.54) is 12.8 Å². The number of hydrogen-bond donors (Lipinski definition) is 2. The molecule has 0 saturated carbocycles. The molecule has 1 amide bonds. The second-order valence-corrected chi connectivity index (χ2v) is 5.18. The molecule has 124 valence electrons. The predicted molar refractivity (Wildman–Crippen MR) is 89.0 cm³/mol. The number of para-hydroxylation sites is 2. The van der Waals surface area contributed by atoms with Gasteiger partial charge in [-0.15, -0.1) is 12.4 Å². The third-order valence-corrected chi connectivity index (χ3v) is 3.49.